The van der Waals surface area contributed by atoms with Crippen LogP contribution >= 0.6 is 77.0 Å². The summed E-state index contributed by atoms with van der Waals surface area (Å²) in [4.78, 5) is 0. The molecule has 0 aromatic heterocycles. The van der Waals surface area contributed by atoms with Gasteiger partial charge in [0, 0.05) is 46.4 Å². The largest absolute Gasteiger partial charge is 0.508 e. The Morgan fingerprint density at radius 2 is 0.557 bits per heavy atom. The molecule has 8 nitrogen and oxygen atoms in total. The van der Waals surface area contributed by atoms with Gasteiger partial charge < -0.3 is 39.4 Å². The molecule has 8 aromatic carbocycles. The van der Waals surface area contributed by atoms with Crippen molar-refractivity contribution >= 4 is 77.0 Å². The maximum atomic E-state index is 9.62. The first-order chi connectivity index (χ1) is 28.9. The Morgan fingerprint density at radius 1 is 0.295 bits per heavy atom. The first-order valence-electron chi connectivity index (χ1n) is 17.9. The van der Waals surface area contributed by atoms with E-state index in [9.17, 15) is 10.2 Å². The second-order valence-electron chi connectivity index (χ2n) is 12.2. The third-order valence-corrected chi connectivity index (χ3v) is 9.83. The van der Waals surface area contributed by atoms with Crippen molar-refractivity contribution in [2.75, 3.05) is 0 Å². The third kappa shape index (κ3) is 18.4. The van der Waals surface area contributed by atoms with Crippen LogP contribution in [-0.2, 0) is 0 Å². The Hall–Kier alpha value is -5.42. The van der Waals surface area contributed by atoms with Crippen LogP contribution in [-0.4, -0.2) is 20.4 Å². The lowest BCUT2D eigenvalue weighted by Crippen LogP contribution is -1.89. The van der Waals surface area contributed by atoms with Gasteiger partial charge in [-0.3, -0.25) is 0 Å². The minimum Gasteiger partial charge on any atom is -0.508 e. The monoisotopic (exact) mass is 1170 g/mol. The quantitative estimate of drug-likeness (QED) is 0.111. The molecule has 0 atom stereocenters. The lowest BCUT2D eigenvalue weighted by Gasteiger charge is -2.11. The van der Waals surface area contributed by atoms with E-state index in [1.807, 2.05) is 60.7 Å². The third-order valence-electron chi connectivity index (χ3n) is 7.43. The molecule has 61 heavy (non-hydrogen) atoms. The van der Waals surface area contributed by atoms with Gasteiger partial charge in [-0.2, -0.15) is 0 Å². The molecule has 0 aliphatic rings. The Morgan fingerprint density at radius 3 is 0.836 bits per heavy atom. The zero-order valence-corrected chi connectivity index (χ0v) is 38.9. The van der Waals surface area contributed by atoms with Crippen LogP contribution in [0.3, 0.4) is 0 Å². The maximum Gasteiger partial charge on any atom is 0.131 e. The van der Waals surface area contributed by atoms with Crippen molar-refractivity contribution < 1.29 is 39.4 Å². The number of phenols is 4. The molecule has 0 bridgehead atoms. The predicted octanol–water partition coefficient (Wildman–Crippen LogP) is 16.1. The summed E-state index contributed by atoms with van der Waals surface area (Å²) in [5.74, 6) is 5.18. The average molecular weight is 1170 g/mol. The fourth-order valence-electron chi connectivity index (χ4n) is 4.80. The van der Waals surface area contributed by atoms with Crippen LogP contribution in [0.25, 0.3) is 0 Å². The minimum atomic E-state index is 0. The Bertz CT molecular complexity index is 2460. The van der Waals surface area contributed by atoms with E-state index in [-0.39, 0.29) is 30.4 Å². The van der Waals surface area contributed by atoms with Crippen LogP contribution in [0.15, 0.2) is 203 Å². The summed E-state index contributed by atoms with van der Waals surface area (Å²) in [5.41, 5.74) is 0. The van der Waals surface area contributed by atoms with Crippen molar-refractivity contribution in [3.63, 3.8) is 0 Å². The average Bonchev–Trinajstić information content (AvgIpc) is 3.21. The van der Waals surface area contributed by atoms with Crippen LogP contribution in [0.4, 0.5) is 0 Å². The van der Waals surface area contributed by atoms with Crippen molar-refractivity contribution in [1.29, 1.82) is 0 Å². The molecule has 4 N–H and O–H groups in total. The number of hydrogen-bond donors (Lipinski definition) is 4. The fourth-order valence-corrected chi connectivity index (χ4v) is 7.01. The number of benzene rings is 8. The van der Waals surface area contributed by atoms with Crippen molar-refractivity contribution in [2.24, 2.45) is 0 Å². The number of hydrogen-bond acceptors (Lipinski definition) is 8. The highest BCUT2D eigenvalue weighted by Gasteiger charge is 2.06. The molecule has 0 heterocycles. The van der Waals surface area contributed by atoms with Crippen molar-refractivity contribution in [1.82, 2.24) is 0 Å². The molecule has 312 valence electrons. The van der Waals surface area contributed by atoms with Crippen LogP contribution in [0.2, 0.25) is 0 Å². The van der Waals surface area contributed by atoms with Gasteiger partial charge in [0.15, 0.2) is 0 Å². The Kier molecular flexibility index (Phi) is 20.1. The van der Waals surface area contributed by atoms with Gasteiger partial charge in [0.2, 0.25) is 0 Å². The number of halogens is 4. The summed E-state index contributed by atoms with van der Waals surface area (Å²) in [5, 5.41) is 36.5. The summed E-state index contributed by atoms with van der Waals surface area (Å²) in [6.45, 7) is 0. The first kappa shape index (κ1) is 48.2. The van der Waals surface area contributed by atoms with E-state index in [0.717, 1.165) is 8.95 Å². The zero-order valence-electron chi connectivity index (χ0n) is 31.4. The van der Waals surface area contributed by atoms with E-state index in [4.69, 9.17) is 29.2 Å². The molecule has 0 amide bonds. The van der Waals surface area contributed by atoms with Gasteiger partial charge in [0.1, 0.15) is 69.0 Å². The topological polar surface area (TPSA) is 118 Å². The van der Waals surface area contributed by atoms with E-state index in [1.165, 1.54) is 25.3 Å². The van der Waals surface area contributed by atoms with Crippen LogP contribution in [0.1, 0.15) is 7.43 Å². The first-order valence-corrected chi connectivity index (χ1v) is 21.6. The normalized spacial score (nSPS) is 9.77. The van der Waals surface area contributed by atoms with E-state index in [1.54, 1.807) is 91.0 Å². The van der Waals surface area contributed by atoms with Gasteiger partial charge in [0.05, 0.1) is 0 Å². The zero-order chi connectivity index (χ0) is 42.7. The molecule has 0 spiro atoms. The Labute approximate surface area is 399 Å². The predicted molar refractivity (Wildman–Crippen MR) is 266 cm³/mol. The van der Waals surface area contributed by atoms with Crippen LogP contribution in [0, 0.1) is 7.14 Å². The van der Waals surface area contributed by atoms with Gasteiger partial charge in [-0.05, 0) is 173 Å². The number of aromatic hydroxyl groups is 4. The lowest BCUT2D eigenvalue weighted by atomic mass is 10.3. The van der Waals surface area contributed by atoms with E-state index < -0.39 is 0 Å². The second-order valence-corrected chi connectivity index (χ2v) is 16.5. The molecular formula is C49H40Br2I2O8. The van der Waals surface area contributed by atoms with Crippen molar-refractivity contribution in [2.45, 2.75) is 7.43 Å². The van der Waals surface area contributed by atoms with Crippen molar-refractivity contribution in [3.8, 4) is 69.0 Å². The maximum absolute atomic E-state index is 9.62. The molecule has 12 heteroatoms. The molecule has 0 radical (unpaired) electrons. The summed E-state index contributed by atoms with van der Waals surface area (Å²) in [7, 11) is 0. The Balaban J connectivity index is 0.000000263. The minimum absolute atomic E-state index is 0. The highest BCUT2D eigenvalue weighted by atomic mass is 127. The van der Waals surface area contributed by atoms with Gasteiger partial charge in [-0.25, -0.2) is 0 Å². The smallest absolute Gasteiger partial charge is 0.131 e. The molecule has 8 aromatic rings. The molecule has 0 aliphatic carbocycles. The van der Waals surface area contributed by atoms with E-state index in [2.05, 4.69) is 101 Å². The molecule has 0 fully saturated rings. The molecular weight excluding hydrogens is 1130 g/mol. The highest BCUT2D eigenvalue weighted by Crippen LogP contribution is 2.33. The van der Waals surface area contributed by atoms with Gasteiger partial charge >= 0.3 is 0 Å². The molecule has 0 saturated heterocycles. The molecule has 0 saturated carbocycles. The molecule has 8 rings (SSSR count). The fraction of sp³-hybridized carbons (Fsp3) is 0.0204. The summed E-state index contributed by atoms with van der Waals surface area (Å²) in [6.07, 6.45) is 0. The van der Waals surface area contributed by atoms with Crippen molar-refractivity contribution in [3.05, 3.63) is 210 Å². The molecule has 0 unspecified atom stereocenters. The second kappa shape index (κ2) is 25.4. The lowest BCUT2D eigenvalue weighted by molar-refractivity contribution is 0.444. The summed E-state index contributed by atoms with van der Waals surface area (Å²) < 4.78 is 28.4. The highest BCUT2D eigenvalue weighted by molar-refractivity contribution is 14.1. The standard InChI is InChI=1S/C30H22O6.C6H4Br2.C6H4I2.C6H6O2.CH4/c31-21-5-1-7-25(17-21)33-23-13-15-24(16-14-23)34-27-9-3-11-29(19-27)36-30-12-4-10-28(20-30)35-26-8-2-6-22(32)18-26;7-5-1-2-6(8)4-3-5;2*7-5-2-1-3-6(8)4-5;/h1-20,31-32H;2*1-4H;1-4,7-8H;1H4. The summed E-state index contributed by atoms with van der Waals surface area (Å²) in [6, 6.07) is 57.1. The van der Waals surface area contributed by atoms with Gasteiger partial charge in [-0.15, -0.1) is 0 Å². The van der Waals surface area contributed by atoms with Gasteiger partial charge in [-0.1, -0.05) is 75.7 Å². The summed E-state index contributed by atoms with van der Waals surface area (Å²) >= 11 is 11.3. The SMILES string of the molecule is Brc1ccc(Br)cc1.C.Ic1cccc(I)c1.Oc1cccc(O)c1.Oc1cccc(Oc2ccc(Oc3cccc(Oc4cccc(Oc5cccc(O)c5)c4)c3)cc2)c1. The van der Waals surface area contributed by atoms with Crippen LogP contribution in [0.5, 0.6) is 69.0 Å². The number of ether oxygens (including phenoxy) is 4. The number of rotatable bonds is 8. The van der Waals surface area contributed by atoms with Crippen LogP contribution < -0.4 is 18.9 Å². The number of phenolic OH excluding ortho intramolecular Hbond substituents is 4. The van der Waals surface area contributed by atoms with E-state index >= 15 is 0 Å². The molecule has 0 aliphatic heterocycles. The van der Waals surface area contributed by atoms with Gasteiger partial charge in [0.25, 0.3) is 0 Å². The van der Waals surface area contributed by atoms with E-state index in [0.29, 0.717) is 46.0 Å².